The summed E-state index contributed by atoms with van der Waals surface area (Å²) < 4.78 is 13.4. The normalized spacial score (nSPS) is 16.8. The summed E-state index contributed by atoms with van der Waals surface area (Å²) in [6, 6.07) is 11.8. The molecule has 26 heavy (non-hydrogen) atoms. The van der Waals surface area contributed by atoms with Crippen LogP contribution in [-0.4, -0.2) is 24.9 Å². The molecule has 4 nitrogen and oxygen atoms in total. The standard InChI is InChI=1S/C20H20ClFN2O2/c1-3-23(18-7-5-4-6-13(18)2)20(26)14-10-19(25)24(12-14)15-8-9-17(22)16(21)11-15/h4-9,11,14H,3,10,12H2,1-2H3. The molecule has 0 bridgehead atoms. The molecular formula is C20H20ClFN2O2. The molecule has 2 amide bonds. The van der Waals surface area contributed by atoms with Gasteiger partial charge >= 0.3 is 0 Å². The maximum absolute atomic E-state index is 13.4. The van der Waals surface area contributed by atoms with E-state index in [9.17, 15) is 14.0 Å². The van der Waals surface area contributed by atoms with Gasteiger partial charge in [-0.25, -0.2) is 4.39 Å². The van der Waals surface area contributed by atoms with Crippen molar-refractivity contribution in [2.45, 2.75) is 20.3 Å². The van der Waals surface area contributed by atoms with Gasteiger partial charge in [-0.15, -0.1) is 0 Å². The summed E-state index contributed by atoms with van der Waals surface area (Å²) in [6.45, 7) is 4.66. The summed E-state index contributed by atoms with van der Waals surface area (Å²) in [4.78, 5) is 28.7. The average molecular weight is 375 g/mol. The number of carbonyl (C=O) groups excluding carboxylic acids is 2. The van der Waals surface area contributed by atoms with Crippen molar-refractivity contribution in [3.05, 3.63) is 58.9 Å². The summed E-state index contributed by atoms with van der Waals surface area (Å²) in [6.07, 6.45) is 0.135. The summed E-state index contributed by atoms with van der Waals surface area (Å²) in [5.74, 6) is -1.21. The van der Waals surface area contributed by atoms with Crippen LogP contribution in [0.2, 0.25) is 5.02 Å². The van der Waals surface area contributed by atoms with Gasteiger partial charge in [-0.1, -0.05) is 29.8 Å². The number of hydrogen-bond acceptors (Lipinski definition) is 2. The topological polar surface area (TPSA) is 40.6 Å². The third-order valence-corrected chi connectivity index (χ3v) is 4.97. The van der Waals surface area contributed by atoms with Gasteiger partial charge in [-0.3, -0.25) is 9.59 Å². The Labute approximate surface area is 157 Å². The molecule has 0 aromatic heterocycles. The van der Waals surface area contributed by atoms with Crippen LogP contribution in [0, 0.1) is 18.7 Å². The highest BCUT2D eigenvalue weighted by Gasteiger charge is 2.37. The number of rotatable bonds is 4. The van der Waals surface area contributed by atoms with Crippen LogP contribution >= 0.6 is 11.6 Å². The van der Waals surface area contributed by atoms with Gasteiger partial charge < -0.3 is 9.80 Å². The van der Waals surface area contributed by atoms with Gasteiger partial charge in [0.1, 0.15) is 5.82 Å². The van der Waals surface area contributed by atoms with Gasteiger partial charge in [-0.2, -0.15) is 0 Å². The van der Waals surface area contributed by atoms with Gasteiger partial charge in [0.25, 0.3) is 0 Å². The first-order valence-electron chi connectivity index (χ1n) is 8.54. The average Bonchev–Trinajstić information content (AvgIpc) is 3.01. The van der Waals surface area contributed by atoms with E-state index in [1.165, 1.54) is 23.1 Å². The summed E-state index contributed by atoms with van der Waals surface area (Å²) >= 11 is 5.82. The number of halogens is 2. The molecule has 0 radical (unpaired) electrons. The van der Waals surface area contributed by atoms with Crippen LogP contribution in [-0.2, 0) is 9.59 Å². The number of nitrogens with zero attached hydrogens (tertiary/aromatic N) is 2. The number of benzene rings is 2. The Bertz CT molecular complexity index is 855. The number of aryl methyl sites for hydroxylation is 1. The molecule has 1 fully saturated rings. The fourth-order valence-corrected chi connectivity index (χ4v) is 3.48. The van der Waals surface area contributed by atoms with Crippen molar-refractivity contribution in [2.24, 2.45) is 5.92 Å². The van der Waals surface area contributed by atoms with Crippen LogP contribution in [0.5, 0.6) is 0 Å². The zero-order valence-electron chi connectivity index (χ0n) is 14.7. The van der Waals surface area contributed by atoms with E-state index >= 15 is 0 Å². The van der Waals surface area contributed by atoms with E-state index in [2.05, 4.69) is 0 Å². The number of hydrogen-bond donors (Lipinski definition) is 0. The Kier molecular flexibility index (Phi) is 5.28. The SMILES string of the molecule is CCN(C(=O)C1CC(=O)N(c2ccc(F)c(Cl)c2)C1)c1ccccc1C. The minimum Gasteiger partial charge on any atom is -0.312 e. The Morgan fingerprint density at radius 1 is 1.31 bits per heavy atom. The van der Waals surface area contributed by atoms with Crippen molar-refractivity contribution in [1.29, 1.82) is 0 Å². The van der Waals surface area contributed by atoms with E-state index in [4.69, 9.17) is 11.6 Å². The quantitative estimate of drug-likeness (QED) is 0.805. The van der Waals surface area contributed by atoms with E-state index in [1.807, 2.05) is 38.1 Å². The smallest absolute Gasteiger partial charge is 0.232 e. The monoisotopic (exact) mass is 374 g/mol. The van der Waals surface area contributed by atoms with Crippen LogP contribution in [0.15, 0.2) is 42.5 Å². The molecule has 136 valence electrons. The van der Waals surface area contributed by atoms with Crippen molar-refractivity contribution in [2.75, 3.05) is 22.9 Å². The highest BCUT2D eigenvalue weighted by Crippen LogP contribution is 2.30. The number of amides is 2. The third kappa shape index (κ3) is 3.44. The van der Waals surface area contributed by atoms with Gasteiger partial charge in [0.15, 0.2) is 0 Å². The molecule has 0 aliphatic carbocycles. The fourth-order valence-electron chi connectivity index (χ4n) is 3.31. The first kappa shape index (κ1) is 18.4. The minimum absolute atomic E-state index is 0.0415. The maximum Gasteiger partial charge on any atom is 0.232 e. The van der Waals surface area contributed by atoms with E-state index in [0.717, 1.165) is 11.3 Å². The van der Waals surface area contributed by atoms with Crippen molar-refractivity contribution >= 4 is 34.8 Å². The lowest BCUT2D eigenvalue weighted by Crippen LogP contribution is -2.37. The molecule has 1 unspecified atom stereocenters. The zero-order chi connectivity index (χ0) is 18.8. The van der Waals surface area contributed by atoms with Crippen LogP contribution in [0.4, 0.5) is 15.8 Å². The predicted octanol–water partition coefficient (Wildman–Crippen LogP) is 4.19. The number of anilines is 2. The minimum atomic E-state index is -0.536. The molecule has 2 aromatic carbocycles. The first-order chi connectivity index (χ1) is 12.4. The van der Waals surface area contributed by atoms with E-state index in [1.54, 1.807) is 4.90 Å². The Balaban J connectivity index is 1.82. The van der Waals surface area contributed by atoms with Crippen molar-refractivity contribution in [3.63, 3.8) is 0 Å². The number of para-hydroxylation sites is 1. The van der Waals surface area contributed by atoms with Crippen molar-refractivity contribution in [3.8, 4) is 0 Å². The van der Waals surface area contributed by atoms with Crippen molar-refractivity contribution in [1.82, 2.24) is 0 Å². The Morgan fingerprint density at radius 2 is 2.04 bits per heavy atom. The molecule has 1 heterocycles. The van der Waals surface area contributed by atoms with E-state index < -0.39 is 11.7 Å². The second-order valence-corrected chi connectivity index (χ2v) is 6.78. The van der Waals surface area contributed by atoms with Crippen LogP contribution in [0.1, 0.15) is 18.9 Å². The second-order valence-electron chi connectivity index (χ2n) is 6.37. The van der Waals surface area contributed by atoms with Crippen molar-refractivity contribution < 1.29 is 14.0 Å². The molecular weight excluding hydrogens is 355 g/mol. The Morgan fingerprint density at radius 3 is 2.69 bits per heavy atom. The van der Waals surface area contributed by atoms with Gasteiger partial charge in [0.05, 0.1) is 10.9 Å². The first-order valence-corrected chi connectivity index (χ1v) is 8.92. The highest BCUT2D eigenvalue weighted by atomic mass is 35.5. The van der Waals surface area contributed by atoms with Gasteiger partial charge in [-0.05, 0) is 43.7 Å². The van der Waals surface area contributed by atoms with Gasteiger partial charge in [0.2, 0.25) is 11.8 Å². The molecule has 1 aliphatic rings. The molecule has 0 N–H and O–H groups in total. The van der Waals surface area contributed by atoms with Crippen LogP contribution in [0.25, 0.3) is 0 Å². The van der Waals surface area contributed by atoms with Crippen LogP contribution < -0.4 is 9.80 Å². The molecule has 3 rings (SSSR count). The van der Waals surface area contributed by atoms with Gasteiger partial charge in [0, 0.05) is 30.9 Å². The van der Waals surface area contributed by atoms with Crippen LogP contribution in [0.3, 0.4) is 0 Å². The largest absolute Gasteiger partial charge is 0.312 e. The molecule has 0 spiro atoms. The fraction of sp³-hybridized carbons (Fsp3) is 0.300. The highest BCUT2D eigenvalue weighted by molar-refractivity contribution is 6.31. The summed E-state index contributed by atoms with van der Waals surface area (Å²) in [7, 11) is 0. The predicted molar refractivity (Wildman–Crippen MR) is 101 cm³/mol. The Hall–Kier alpha value is -2.40. The molecule has 0 saturated carbocycles. The molecule has 6 heteroatoms. The molecule has 1 saturated heterocycles. The number of carbonyl (C=O) groups is 2. The lowest BCUT2D eigenvalue weighted by molar-refractivity contribution is -0.124. The summed E-state index contributed by atoms with van der Waals surface area (Å²) in [5.41, 5.74) is 2.38. The third-order valence-electron chi connectivity index (χ3n) is 4.68. The second kappa shape index (κ2) is 7.46. The molecule has 1 atom stereocenters. The lowest BCUT2D eigenvalue weighted by atomic mass is 10.1. The maximum atomic E-state index is 13.4. The van der Waals surface area contributed by atoms with E-state index in [-0.39, 0.29) is 29.8 Å². The molecule has 1 aliphatic heterocycles. The van der Waals surface area contributed by atoms with E-state index in [0.29, 0.717) is 12.2 Å². The zero-order valence-corrected chi connectivity index (χ0v) is 15.5. The summed E-state index contributed by atoms with van der Waals surface area (Å²) in [5, 5.41) is -0.0415. The molecule has 2 aromatic rings. The lowest BCUT2D eigenvalue weighted by Gasteiger charge is -2.26.